The van der Waals surface area contributed by atoms with Gasteiger partial charge in [0.05, 0.1) is 0 Å². The van der Waals surface area contributed by atoms with Crippen molar-refractivity contribution in [2.75, 3.05) is 10.4 Å². The Bertz CT molecular complexity index is 265. The topological polar surface area (TPSA) is 29.5 Å². The molecular weight excluding hydrogens is 367 g/mol. The maximum absolute atomic E-state index is 9.47. The predicted octanol–water partition coefficient (Wildman–Crippen LogP) is 1.62. The van der Waals surface area contributed by atoms with Gasteiger partial charge in [0.15, 0.2) is 0 Å². The molecule has 0 fully saturated rings. The van der Waals surface area contributed by atoms with Crippen molar-refractivity contribution in [1.29, 1.82) is 0 Å². The second-order valence-corrected chi connectivity index (χ2v) is 6.45. The standard InChI is InChI=1S/C8H9O2S.Pb/c1-10-7-5-3-4-6(9)8(7)11-2;/h3-5,9H,2H2,1H3;. The summed E-state index contributed by atoms with van der Waals surface area (Å²) in [6, 6.07) is 5.33. The average Bonchev–Trinajstić information content (AvgIpc) is 2.09. The zero-order valence-electron chi connectivity index (χ0n) is 6.70. The summed E-state index contributed by atoms with van der Waals surface area (Å²) < 4.78 is 6.18. The summed E-state index contributed by atoms with van der Waals surface area (Å²) in [7, 11) is 1.62. The second kappa shape index (κ2) is 4.96. The van der Waals surface area contributed by atoms with Crippen LogP contribution in [0, 0.1) is 0 Å². The number of hydrogen-bond acceptors (Lipinski definition) is 3. The van der Waals surface area contributed by atoms with E-state index in [1.54, 1.807) is 31.0 Å². The summed E-state index contributed by atoms with van der Waals surface area (Å²) in [5, 5.41) is 9.47. The van der Waals surface area contributed by atoms with Crippen LogP contribution in [0.25, 0.3) is 0 Å². The Morgan fingerprint density at radius 2 is 2.33 bits per heavy atom. The van der Waals surface area contributed by atoms with E-state index in [0.717, 1.165) is 39.7 Å². The van der Waals surface area contributed by atoms with Gasteiger partial charge in [-0.1, -0.05) is 0 Å². The van der Waals surface area contributed by atoms with Crippen molar-refractivity contribution in [2.24, 2.45) is 0 Å². The van der Waals surface area contributed by atoms with Crippen LogP contribution >= 0.6 is 11.8 Å². The first-order chi connectivity index (χ1) is 5.79. The van der Waals surface area contributed by atoms with Crippen LogP contribution in [0.5, 0.6) is 11.5 Å². The molecule has 0 saturated heterocycles. The summed E-state index contributed by atoms with van der Waals surface area (Å²) in [5.74, 6) is 1.08. The molecule has 0 heterocycles. The zero-order chi connectivity index (χ0) is 8.97. The molecule has 1 N–H and O–H groups in total. The van der Waals surface area contributed by atoms with E-state index in [1.807, 2.05) is 6.07 Å². The van der Waals surface area contributed by atoms with Crippen LogP contribution in [-0.4, -0.2) is 41.3 Å². The molecule has 0 aromatic heterocycles. The molecule has 12 heavy (non-hydrogen) atoms. The molecule has 3 radical (unpaired) electrons. The molecule has 4 heteroatoms. The number of phenols is 1. The van der Waals surface area contributed by atoms with E-state index in [1.165, 1.54) is 0 Å². The van der Waals surface area contributed by atoms with E-state index >= 15 is 0 Å². The third kappa shape index (κ3) is 2.29. The van der Waals surface area contributed by atoms with E-state index in [0.29, 0.717) is 5.75 Å². The van der Waals surface area contributed by atoms with Crippen molar-refractivity contribution in [3.63, 3.8) is 0 Å². The Hall–Kier alpha value is 0.0921. The molecule has 0 saturated carbocycles. The molecule has 0 spiro atoms. The first-order valence-corrected chi connectivity index (χ1v) is 7.16. The SMILES string of the molecule is COc1cccc(O)c1S[CH2][Pb]. The van der Waals surface area contributed by atoms with Crippen LogP contribution < -0.4 is 4.74 Å². The number of methoxy groups -OCH3 is 1. The summed E-state index contributed by atoms with van der Waals surface area (Å²) in [6.45, 7) is 0. The third-order valence-electron chi connectivity index (χ3n) is 1.39. The van der Waals surface area contributed by atoms with Crippen LogP contribution in [0.15, 0.2) is 23.1 Å². The number of rotatable bonds is 3. The molecule has 1 aromatic carbocycles. The molecule has 0 bridgehead atoms. The Balaban J connectivity index is 3.02. The van der Waals surface area contributed by atoms with E-state index in [9.17, 15) is 5.11 Å². The second-order valence-electron chi connectivity index (χ2n) is 2.10. The molecule has 0 atom stereocenters. The zero-order valence-corrected chi connectivity index (χ0v) is 11.4. The van der Waals surface area contributed by atoms with Gasteiger partial charge in [0, 0.05) is 0 Å². The quantitative estimate of drug-likeness (QED) is 0.642. The first-order valence-electron chi connectivity index (χ1n) is 3.43. The fourth-order valence-corrected chi connectivity index (χ4v) is 3.22. The Labute approximate surface area is 92.0 Å². The van der Waals surface area contributed by atoms with Crippen LogP contribution in [0.4, 0.5) is 0 Å². The van der Waals surface area contributed by atoms with Crippen LogP contribution in [-0.2, 0) is 0 Å². The minimum atomic E-state index is 0.315. The van der Waals surface area contributed by atoms with Gasteiger partial charge in [-0.05, 0) is 0 Å². The molecule has 0 amide bonds. The normalized spacial score (nSPS) is 9.83. The van der Waals surface area contributed by atoms with Gasteiger partial charge in [0.25, 0.3) is 0 Å². The summed E-state index contributed by atoms with van der Waals surface area (Å²) in [4.78, 5) is 0.856. The summed E-state index contributed by atoms with van der Waals surface area (Å²) >= 11 is 2.76. The number of aromatic hydroxyl groups is 1. The van der Waals surface area contributed by atoms with Crippen LogP contribution in [0.2, 0.25) is 0 Å². The summed E-state index contributed by atoms with van der Waals surface area (Å²) in [5.41, 5.74) is 0. The minimum absolute atomic E-state index is 0.315. The van der Waals surface area contributed by atoms with E-state index in [-0.39, 0.29) is 0 Å². The Morgan fingerprint density at radius 1 is 1.58 bits per heavy atom. The van der Waals surface area contributed by atoms with Gasteiger partial charge in [-0.2, -0.15) is 0 Å². The number of hydrogen-bond donors (Lipinski definition) is 1. The van der Waals surface area contributed by atoms with Crippen molar-refractivity contribution in [3.05, 3.63) is 18.2 Å². The third-order valence-corrected chi connectivity index (χ3v) is 3.92. The molecule has 63 valence electrons. The molecule has 1 rings (SSSR count). The van der Waals surface area contributed by atoms with Gasteiger partial charge < -0.3 is 0 Å². The molecule has 0 aliphatic heterocycles. The van der Waals surface area contributed by atoms with E-state index < -0.39 is 0 Å². The van der Waals surface area contributed by atoms with Crippen LogP contribution in [0.3, 0.4) is 0 Å². The van der Waals surface area contributed by atoms with Crippen molar-refractivity contribution in [1.82, 2.24) is 0 Å². The van der Waals surface area contributed by atoms with Crippen molar-refractivity contribution in [2.45, 2.75) is 4.90 Å². The van der Waals surface area contributed by atoms with Gasteiger partial charge in [-0.3, -0.25) is 0 Å². The molecule has 2 nitrogen and oxygen atoms in total. The van der Waals surface area contributed by atoms with Gasteiger partial charge in [0.2, 0.25) is 0 Å². The molecular formula is C8H9O2PbS. The van der Waals surface area contributed by atoms with Gasteiger partial charge in [-0.25, -0.2) is 0 Å². The molecule has 0 unspecified atom stereocenters. The predicted molar refractivity (Wildman–Crippen MR) is 51.1 cm³/mol. The maximum atomic E-state index is 9.47. The molecule has 1 aromatic rings. The average molecular weight is 376 g/mol. The number of thioether (sulfide) groups is 1. The van der Waals surface area contributed by atoms with E-state index in [2.05, 4.69) is 0 Å². The van der Waals surface area contributed by atoms with Crippen LogP contribution in [0.1, 0.15) is 0 Å². The van der Waals surface area contributed by atoms with Crippen molar-refractivity contribution in [3.8, 4) is 11.5 Å². The van der Waals surface area contributed by atoms with Crippen molar-refractivity contribution >= 4 is 37.5 Å². The van der Waals surface area contributed by atoms with E-state index in [4.69, 9.17) is 4.74 Å². The Morgan fingerprint density at radius 3 is 2.92 bits per heavy atom. The van der Waals surface area contributed by atoms with Gasteiger partial charge in [-0.15, -0.1) is 0 Å². The number of ether oxygens (including phenoxy) is 1. The van der Waals surface area contributed by atoms with Crippen molar-refractivity contribution < 1.29 is 9.84 Å². The first kappa shape index (κ1) is 10.2. The number of phenolic OH excluding ortho intramolecular Hbond substituents is 1. The van der Waals surface area contributed by atoms with Gasteiger partial charge in [0.1, 0.15) is 0 Å². The van der Waals surface area contributed by atoms with Gasteiger partial charge >= 0.3 is 92.4 Å². The summed E-state index contributed by atoms with van der Waals surface area (Å²) in [6.07, 6.45) is 0. The Kier molecular flexibility index (Phi) is 4.21. The molecule has 0 aliphatic carbocycles. The fraction of sp³-hybridized carbons (Fsp3) is 0.250. The number of benzene rings is 1. The molecule has 0 aliphatic rings. The monoisotopic (exact) mass is 377 g/mol. The fourth-order valence-electron chi connectivity index (χ4n) is 0.882.